The van der Waals surface area contributed by atoms with Gasteiger partial charge in [-0.05, 0) is 41.4 Å². The van der Waals surface area contributed by atoms with Gasteiger partial charge in [-0.2, -0.15) is 0 Å². The van der Waals surface area contributed by atoms with E-state index in [-0.39, 0.29) is 25.5 Å². The number of nitrogens with zero attached hydrogens (tertiary/aromatic N) is 4. The van der Waals surface area contributed by atoms with Crippen molar-refractivity contribution in [1.82, 2.24) is 10.9 Å². The number of aliphatic hydroxyl groups is 1. The second-order valence-corrected chi connectivity index (χ2v) is 9.73. The summed E-state index contributed by atoms with van der Waals surface area (Å²) in [5, 5.41) is 12.8. The zero-order valence-corrected chi connectivity index (χ0v) is 23.1. The SMILES string of the molecule is [N-]=[N+]=Nc1ccccc1[C@@H]1OC(c2ccc(OCCCO)cc2)=N[C@]1(Cc1ccccc1Br)C(=O)NNCCF. The van der Waals surface area contributed by atoms with Crippen molar-refractivity contribution in [2.24, 2.45) is 10.1 Å². The Hall–Kier alpha value is -3.96. The van der Waals surface area contributed by atoms with Crippen molar-refractivity contribution in [3.05, 3.63) is 104 Å². The molecule has 0 bridgehead atoms. The number of halogens is 2. The topological polar surface area (TPSA) is 141 Å². The Balaban J connectivity index is 1.83. The highest BCUT2D eigenvalue weighted by atomic mass is 79.9. The second kappa shape index (κ2) is 13.9. The van der Waals surface area contributed by atoms with Crippen LogP contribution >= 0.6 is 15.9 Å². The van der Waals surface area contributed by atoms with Gasteiger partial charge in [-0.25, -0.2) is 14.8 Å². The number of alkyl halides is 1. The summed E-state index contributed by atoms with van der Waals surface area (Å²) < 4.78 is 25.7. The molecular weight excluding hydrogens is 583 g/mol. The molecule has 0 aliphatic carbocycles. The molecule has 0 saturated heterocycles. The molecule has 10 nitrogen and oxygen atoms in total. The van der Waals surface area contributed by atoms with Crippen LogP contribution in [-0.2, 0) is 16.0 Å². The predicted octanol–water partition coefficient (Wildman–Crippen LogP) is 5.24. The molecule has 0 saturated carbocycles. The largest absolute Gasteiger partial charge is 0.494 e. The van der Waals surface area contributed by atoms with Gasteiger partial charge >= 0.3 is 0 Å². The lowest BCUT2D eigenvalue weighted by Gasteiger charge is -2.31. The first-order valence-corrected chi connectivity index (χ1v) is 13.4. The fourth-order valence-corrected chi connectivity index (χ4v) is 4.76. The van der Waals surface area contributed by atoms with Crippen LogP contribution in [0.25, 0.3) is 10.4 Å². The van der Waals surface area contributed by atoms with Gasteiger partial charge in [0.25, 0.3) is 5.91 Å². The number of carbonyl (C=O) groups excluding carboxylic acids is 1. The van der Waals surface area contributed by atoms with E-state index >= 15 is 0 Å². The van der Waals surface area contributed by atoms with Crippen LogP contribution in [0.1, 0.15) is 29.2 Å². The zero-order valence-electron chi connectivity index (χ0n) is 21.5. The van der Waals surface area contributed by atoms with E-state index in [0.717, 1.165) is 10.0 Å². The van der Waals surface area contributed by atoms with Crippen molar-refractivity contribution in [1.29, 1.82) is 0 Å². The molecule has 3 aromatic rings. The summed E-state index contributed by atoms with van der Waals surface area (Å²) in [4.78, 5) is 21.8. The van der Waals surface area contributed by atoms with Gasteiger partial charge in [-0.3, -0.25) is 10.2 Å². The minimum atomic E-state index is -1.57. The molecule has 4 rings (SSSR count). The molecule has 0 spiro atoms. The van der Waals surface area contributed by atoms with Crippen molar-refractivity contribution < 1.29 is 23.8 Å². The number of hydrogen-bond donors (Lipinski definition) is 3. The average molecular weight is 611 g/mol. The molecule has 1 heterocycles. The van der Waals surface area contributed by atoms with Gasteiger partial charge in [0.1, 0.15) is 12.4 Å². The van der Waals surface area contributed by atoms with Gasteiger partial charge in [-0.1, -0.05) is 63.5 Å². The summed E-state index contributed by atoms with van der Waals surface area (Å²) in [6, 6.07) is 21.3. The smallest absolute Gasteiger partial charge is 0.266 e. The number of carbonyl (C=O) groups is 1. The van der Waals surface area contributed by atoms with E-state index in [4.69, 9.17) is 19.6 Å². The Morgan fingerprint density at radius 2 is 1.93 bits per heavy atom. The van der Waals surface area contributed by atoms with Crippen molar-refractivity contribution >= 4 is 33.4 Å². The molecule has 3 N–H and O–H groups in total. The van der Waals surface area contributed by atoms with Crippen molar-refractivity contribution in [3.63, 3.8) is 0 Å². The number of nitrogens with one attached hydrogen (secondary N) is 2. The molecule has 2 atom stereocenters. The number of ether oxygens (including phenoxy) is 2. The molecule has 0 aromatic heterocycles. The van der Waals surface area contributed by atoms with Crippen LogP contribution in [0.2, 0.25) is 0 Å². The van der Waals surface area contributed by atoms with Crippen LogP contribution in [0.3, 0.4) is 0 Å². The third-order valence-electron chi connectivity index (χ3n) is 6.24. The molecule has 3 aromatic carbocycles. The normalized spacial score (nSPS) is 17.9. The fraction of sp³-hybridized carbons (Fsp3) is 0.286. The first kappa shape index (κ1) is 29.0. The highest BCUT2D eigenvalue weighted by molar-refractivity contribution is 9.10. The van der Waals surface area contributed by atoms with E-state index in [1.54, 1.807) is 48.5 Å². The summed E-state index contributed by atoms with van der Waals surface area (Å²) in [6.07, 6.45) is -0.380. The number of azide groups is 1. The van der Waals surface area contributed by atoms with Crippen molar-refractivity contribution in [2.75, 3.05) is 26.4 Å². The number of aliphatic imine (C=N–C) groups is 1. The lowest BCUT2D eigenvalue weighted by Crippen LogP contribution is -2.54. The van der Waals surface area contributed by atoms with Crippen LogP contribution in [0.4, 0.5) is 10.1 Å². The van der Waals surface area contributed by atoms with Gasteiger partial charge in [0.2, 0.25) is 5.90 Å². The third-order valence-corrected chi connectivity index (χ3v) is 7.01. The van der Waals surface area contributed by atoms with E-state index in [9.17, 15) is 14.7 Å². The monoisotopic (exact) mass is 610 g/mol. The van der Waals surface area contributed by atoms with Crippen molar-refractivity contribution in [2.45, 2.75) is 24.5 Å². The molecule has 0 fully saturated rings. The maximum absolute atomic E-state index is 13.9. The maximum Gasteiger partial charge on any atom is 0.266 e. The number of rotatable bonds is 13. The molecule has 1 amide bonds. The highest BCUT2D eigenvalue weighted by Gasteiger charge is 2.54. The number of hydrogen-bond acceptors (Lipinski definition) is 7. The summed E-state index contributed by atoms with van der Waals surface area (Å²) >= 11 is 3.57. The van der Waals surface area contributed by atoms with E-state index < -0.39 is 24.2 Å². The van der Waals surface area contributed by atoms with Gasteiger partial charge < -0.3 is 14.6 Å². The maximum atomic E-state index is 13.9. The van der Waals surface area contributed by atoms with Gasteiger partial charge in [-0.15, -0.1) is 0 Å². The molecule has 208 valence electrons. The van der Waals surface area contributed by atoms with Crippen LogP contribution in [0.15, 0.2) is 87.4 Å². The Bertz CT molecular complexity index is 1400. The number of benzene rings is 3. The summed E-state index contributed by atoms with van der Waals surface area (Å²) in [5.41, 5.74) is 15.0. The molecule has 12 heteroatoms. The molecule has 1 aliphatic heterocycles. The molecule has 0 unspecified atom stereocenters. The molecule has 1 aliphatic rings. The molecular formula is C28H28BrFN6O4. The van der Waals surface area contributed by atoms with Crippen LogP contribution < -0.4 is 15.6 Å². The van der Waals surface area contributed by atoms with Crippen LogP contribution in [-0.4, -0.2) is 48.9 Å². The second-order valence-electron chi connectivity index (χ2n) is 8.88. The quantitative estimate of drug-likeness (QED) is 0.0797. The Morgan fingerprint density at radius 3 is 2.65 bits per heavy atom. The Labute approximate surface area is 239 Å². The number of amides is 1. The van der Waals surface area contributed by atoms with Gasteiger partial charge in [0.05, 0.1) is 6.61 Å². The van der Waals surface area contributed by atoms with Crippen LogP contribution in [0.5, 0.6) is 5.75 Å². The third kappa shape index (κ3) is 6.60. The van der Waals surface area contributed by atoms with E-state index in [1.165, 1.54) is 0 Å². The predicted molar refractivity (Wildman–Crippen MR) is 152 cm³/mol. The summed E-state index contributed by atoms with van der Waals surface area (Å²) in [7, 11) is 0. The van der Waals surface area contributed by atoms with E-state index in [0.29, 0.717) is 35.6 Å². The lowest BCUT2D eigenvalue weighted by atomic mass is 9.81. The summed E-state index contributed by atoms with van der Waals surface area (Å²) in [5.74, 6) is 0.264. The van der Waals surface area contributed by atoms with E-state index in [2.05, 4.69) is 36.8 Å². The summed E-state index contributed by atoms with van der Waals surface area (Å²) in [6.45, 7) is -0.375. The lowest BCUT2D eigenvalue weighted by molar-refractivity contribution is -0.130. The molecule has 0 radical (unpaired) electrons. The standard InChI is InChI=1S/C28H28BrFN6O4/c29-23-8-3-1-6-20(23)18-28(27(38)35-32-15-14-30)25(22-7-2-4-9-24(22)34-36-31)40-26(33-28)19-10-12-21(13-11-19)39-17-5-16-37/h1-4,6-13,25,32,37H,5,14-18H2,(H,35,38)/t25-,28-/m0/s1. The Kier molecular flexibility index (Phi) is 10.1. The fourth-order valence-electron chi connectivity index (χ4n) is 4.34. The highest BCUT2D eigenvalue weighted by Crippen LogP contribution is 2.45. The zero-order chi connectivity index (χ0) is 28.4. The first-order valence-electron chi connectivity index (χ1n) is 12.6. The number of aliphatic hydroxyl groups excluding tert-OH is 1. The molecule has 40 heavy (non-hydrogen) atoms. The van der Waals surface area contributed by atoms with Crippen molar-refractivity contribution in [3.8, 4) is 5.75 Å². The van der Waals surface area contributed by atoms with Gasteiger partial charge in [0, 0.05) is 52.2 Å². The first-order chi connectivity index (χ1) is 19.5. The van der Waals surface area contributed by atoms with Crippen LogP contribution in [0, 0.1) is 0 Å². The average Bonchev–Trinajstić information content (AvgIpc) is 3.35. The van der Waals surface area contributed by atoms with E-state index in [1.807, 2.05) is 24.3 Å². The Morgan fingerprint density at radius 1 is 1.18 bits per heavy atom. The minimum absolute atomic E-state index is 0.0311. The number of hydrazine groups is 1. The van der Waals surface area contributed by atoms with Gasteiger partial charge in [0.15, 0.2) is 11.6 Å². The minimum Gasteiger partial charge on any atom is -0.494 e.